The van der Waals surface area contributed by atoms with E-state index in [2.05, 4.69) is 0 Å². The molecule has 0 aromatic heterocycles. The molecule has 0 atom stereocenters. The minimum atomic E-state index is -0.393. The van der Waals surface area contributed by atoms with E-state index in [1.807, 2.05) is 42.5 Å². The molecule has 0 heterocycles. The number of nitrogens with two attached hydrogens (primary N) is 1. The van der Waals surface area contributed by atoms with E-state index in [9.17, 15) is 4.79 Å². The molecule has 0 bridgehead atoms. The predicted molar refractivity (Wildman–Crippen MR) is 97.0 cm³/mol. The molecule has 0 spiro atoms. The van der Waals surface area contributed by atoms with Gasteiger partial charge in [0.1, 0.15) is 11.5 Å². The van der Waals surface area contributed by atoms with Crippen molar-refractivity contribution in [2.75, 3.05) is 7.11 Å². The number of methoxy groups -OCH3 is 1. The number of benzene rings is 3. The summed E-state index contributed by atoms with van der Waals surface area (Å²) in [6.07, 6.45) is 0. The minimum absolute atomic E-state index is 0. The van der Waals surface area contributed by atoms with Crippen molar-refractivity contribution in [1.29, 1.82) is 0 Å². The summed E-state index contributed by atoms with van der Waals surface area (Å²) in [5.41, 5.74) is 7.01. The van der Waals surface area contributed by atoms with E-state index in [4.69, 9.17) is 15.2 Å². The molecule has 0 unspecified atom stereocenters. The van der Waals surface area contributed by atoms with E-state index in [-0.39, 0.29) is 12.4 Å². The highest BCUT2D eigenvalue weighted by atomic mass is 35.5. The molecule has 0 fully saturated rings. The van der Waals surface area contributed by atoms with Gasteiger partial charge in [-0.05, 0) is 52.7 Å². The second-order valence-corrected chi connectivity index (χ2v) is 5.17. The molecule has 4 nitrogen and oxygen atoms in total. The fourth-order valence-electron chi connectivity index (χ4n) is 2.34. The van der Waals surface area contributed by atoms with Crippen molar-refractivity contribution in [1.82, 2.24) is 0 Å². The van der Waals surface area contributed by atoms with Gasteiger partial charge in [-0.1, -0.05) is 24.3 Å². The van der Waals surface area contributed by atoms with Gasteiger partial charge in [0, 0.05) is 6.54 Å². The van der Waals surface area contributed by atoms with Crippen LogP contribution in [0.4, 0.5) is 0 Å². The zero-order valence-corrected chi connectivity index (χ0v) is 14.0. The number of fused-ring (bicyclic) bond motifs is 1. The number of hydrogen-bond donors (Lipinski definition) is 1. The molecule has 3 aromatic rings. The SMILES string of the molecule is COc1ccc2ccc(OC(=O)c3ccc(CN)cc3)cc2c1.Cl. The summed E-state index contributed by atoms with van der Waals surface area (Å²) in [6, 6.07) is 18.4. The van der Waals surface area contributed by atoms with Gasteiger partial charge in [0.15, 0.2) is 0 Å². The normalized spacial score (nSPS) is 10.1. The molecule has 0 saturated heterocycles. The lowest BCUT2D eigenvalue weighted by atomic mass is 10.1. The summed E-state index contributed by atoms with van der Waals surface area (Å²) in [5, 5.41) is 2.01. The smallest absolute Gasteiger partial charge is 0.343 e. The predicted octanol–water partition coefficient (Wildman–Crippen LogP) is 3.95. The average molecular weight is 344 g/mol. The molecular weight excluding hydrogens is 326 g/mol. The fraction of sp³-hybridized carbons (Fsp3) is 0.105. The summed E-state index contributed by atoms with van der Waals surface area (Å²) in [7, 11) is 1.62. The Bertz CT molecular complexity index is 847. The summed E-state index contributed by atoms with van der Waals surface area (Å²) in [4.78, 5) is 12.2. The third-order valence-corrected chi connectivity index (χ3v) is 3.65. The van der Waals surface area contributed by atoms with Crippen molar-refractivity contribution in [3.05, 3.63) is 71.8 Å². The van der Waals surface area contributed by atoms with Crippen molar-refractivity contribution in [2.24, 2.45) is 5.73 Å². The molecule has 124 valence electrons. The van der Waals surface area contributed by atoms with Crippen molar-refractivity contribution in [2.45, 2.75) is 6.54 Å². The zero-order valence-electron chi connectivity index (χ0n) is 13.2. The van der Waals surface area contributed by atoms with Gasteiger partial charge in [-0.15, -0.1) is 12.4 Å². The molecule has 5 heteroatoms. The van der Waals surface area contributed by atoms with Crippen molar-refractivity contribution >= 4 is 29.1 Å². The maximum absolute atomic E-state index is 12.2. The van der Waals surface area contributed by atoms with Crippen LogP contribution in [0.5, 0.6) is 11.5 Å². The Morgan fingerprint density at radius 2 is 1.54 bits per heavy atom. The standard InChI is InChI=1S/C19H17NO3.ClH/c1-22-17-8-6-14-7-9-18(11-16(14)10-17)23-19(21)15-4-2-13(12-20)3-5-15;/h2-11H,12,20H2,1H3;1H. The Morgan fingerprint density at radius 1 is 0.917 bits per heavy atom. The lowest BCUT2D eigenvalue weighted by molar-refractivity contribution is 0.0735. The van der Waals surface area contributed by atoms with Gasteiger partial charge in [0.2, 0.25) is 0 Å². The van der Waals surface area contributed by atoms with Crippen LogP contribution in [-0.2, 0) is 6.54 Å². The van der Waals surface area contributed by atoms with E-state index in [0.29, 0.717) is 17.9 Å². The Balaban J connectivity index is 0.00000208. The number of ether oxygens (including phenoxy) is 2. The molecule has 0 aliphatic rings. The number of carbonyl (C=O) groups excluding carboxylic acids is 1. The van der Waals surface area contributed by atoms with Crippen LogP contribution in [0.3, 0.4) is 0 Å². The highest BCUT2D eigenvalue weighted by Crippen LogP contribution is 2.25. The summed E-state index contributed by atoms with van der Waals surface area (Å²) in [5.74, 6) is 0.868. The van der Waals surface area contributed by atoms with Gasteiger partial charge in [-0.3, -0.25) is 0 Å². The van der Waals surface area contributed by atoms with Crippen LogP contribution in [0.25, 0.3) is 10.8 Å². The molecule has 0 amide bonds. The molecule has 0 aliphatic heterocycles. The van der Waals surface area contributed by atoms with Gasteiger partial charge in [0.25, 0.3) is 0 Å². The summed E-state index contributed by atoms with van der Waals surface area (Å²) < 4.78 is 10.7. The molecule has 0 saturated carbocycles. The Hall–Kier alpha value is -2.56. The van der Waals surface area contributed by atoms with Crippen LogP contribution < -0.4 is 15.2 Å². The largest absolute Gasteiger partial charge is 0.497 e. The monoisotopic (exact) mass is 343 g/mol. The molecule has 3 rings (SSSR count). The second kappa shape index (κ2) is 7.81. The van der Waals surface area contributed by atoms with Crippen LogP contribution in [-0.4, -0.2) is 13.1 Å². The van der Waals surface area contributed by atoms with E-state index in [0.717, 1.165) is 22.1 Å². The Morgan fingerprint density at radius 3 is 2.17 bits per heavy atom. The highest BCUT2D eigenvalue weighted by molar-refractivity contribution is 5.92. The number of carbonyl (C=O) groups is 1. The molecule has 24 heavy (non-hydrogen) atoms. The first-order chi connectivity index (χ1) is 11.2. The second-order valence-electron chi connectivity index (χ2n) is 5.17. The van der Waals surface area contributed by atoms with Crippen LogP contribution in [0, 0.1) is 0 Å². The maximum Gasteiger partial charge on any atom is 0.343 e. The van der Waals surface area contributed by atoms with Crippen LogP contribution in [0.15, 0.2) is 60.7 Å². The van der Waals surface area contributed by atoms with E-state index in [1.54, 1.807) is 25.3 Å². The third-order valence-electron chi connectivity index (χ3n) is 3.65. The van der Waals surface area contributed by atoms with E-state index < -0.39 is 5.97 Å². The lowest BCUT2D eigenvalue weighted by Gasteiger charge is -2.07. The van der Waals surface area contributed by atoms with Crippen molar-refractivity contribution in [3.8, 4) is 11.5 Å². The molecule has 0 radical (unpaired) electrons. The van der Waals surface area contributed by atoms with Crippen LogP contribution in [0.1, 0.15) is 15.9 Å². The number of hydrogen-bond acceptors (Lipinski definition) is 4. The number of esters is 1. The fourth-order valence-corrected chi connectivity index (χ4v) is 2.34. The minimum Gasteiger partial charge on any atom is -0.497 e. The molecular formula is C19H18ClNO3. The quantitative estimate of drug-likeness (QED) is 0.575. The maximum atomic E-state index is 12.2. The first-order valence-corrected chi connectivity index (χ1v) is 7.28. The van der Waals surface area contributed by atoms with Gasteiger partial charge < -0.3 is 15.2 Å². The average Bonchev–Trinajstić information content (AvgIpc) is 2.61. The Labute approximate surface area is 146 Å². The van der Waals surface area contributed by atoms with Crippen molar-refractivity contribution in [3.63, 3.8) is 0 Å². The van der Waals surface area contributed by atoms with Gasteiger partial charge in [0.05, 0.1) is 12.7 Å². The zero-order chi connectivity index (χ0) is 16.2. The first kappa shape index (κ1) is 17.8. The Kier molecular flexibility index (Phi) is 5.79. The topological polar surface area (TPSA) is 61.5 Å². The van der Waals surface area contributed by atoms with E-state index >= 15 is 0 Å². The van der Waals surface area contributed by atoms with E-state index in [1.165, 1.54) is 0 Å². The summed E-state index contributed by atoms with van der Waals surface area (Å²) >= 11 is 0. The van der Waals surface area contributed by atoms with Gasteiger partial charge >= 0.3 is 5.97 Å². The van der Waals surface area contributed by atoms with Gasteiger partial charge in [-0.25, -0.2) is 4.79 Å². The summed E-state index contributed by atoms with van der Waals surface area (Å²) in [6.45, 7) is 0.446. The molecule has 3 aromatic carbocycles. The van der Waals surface area contributed by atoms with Crippen LogP contribution in [0.2, 0.25) is 0 Å². The number of halogens is 1. The van der Waals surface area contributed by atoms with Crippen LogP contribution >= 0.6 is 12.4 Å². The third kappa shape index (κ3) is 3.85. The number of rotatable bonds is 4. The highest BCUT2D eigenvalue weighted by Gasteiger charge is 2.09. The molecule has 2 N–H and O–H groups in total. The first-order valence-electron chi connectivity index (χ1n) is 7.28. The lowest BCUT2D eigenvalue weighted by Crippen LogP contribution is -2.08. The van der Waals surface area contributed by atoms with Crippen molar-refractivity contribution < 1.29 is 14.3 Å². The molecule has 0 aliphatic carbocycles. The van der Waals surface area contributed by atoms with Gasteiger partial charge in [-0.2, -0.15) is 0 Å².